The van der Waals surface area contributed by atoms with Gasteiger partial charge in [0.25, 0.3) is 0 Å². The highest BCUT2D eigenvalue weighted by Gasteiger charge is 2.18. The van der Waals surface area contributed by atoms with Crippen LogP contribution in [0.2, 0.25) is 0 Å². The van der Waals surface area contributed by atoms with Crippen molar-refractivity contribution in [2.75, 3.05) is 57.9 Å². The summed E-state index contributed by atoms with van der Waals surface area (Å²) >= 11 is 0. The minimum Gasteiger partial charge on any atom is -0.478 e. The lowest BCUT2D eigenvalue weighted by atomic mass is 10.3. The minimum atomic E-state index is 0.626. The lowest BCUT2D eigenvalue weighted by Crippen LogP contribution is -2.47. The van der Waals surface area contributed by atoms with E-state index in [0.717, 1.165) is 45.3 Å². The molecule has 6 nitrogen and oxygen atoms in total. The minimum absolute atomic E-state index is 0.626. The van der Waals surface area contributed by atoms with E-state index in [0.29, 0.717) is 12.5 Å². The third kappa shape index (κ3) is 4.04. The van der Waals surface area contributed by atoms with Crippen LogP contribution in [0, 0.1) is 0 Å². The summed E-state index contributed by atoms with van der Waals surface area (Å²) in [6.45, 7) is 8.29. The third-order valence-electron chi connectivity index (χ3n) is 3.18. The zero-order valence-electron chi connectivity index (χ0n) is 11.7. The quantitative estimate of drug-likeness (QED) is 0.753. The molecule has 2 heterocycles. The molecule has 0 saturated carbocycles. The van der Waals surface area contributed by atoms with E-state index in [1.807, 2.05) is 6.92 Å². The number of piperazine rings is 1. The number of hydrogen-bond acceptors (Lipinski definition) is 6. The van der Waals surface area contributed by atoms with Crippen LogP contribution >= 0.6 is 0 Å². The van der Waals surface area contributed by atoms with Gasteiger partial charge < -0.3 is 14.4 Å². The molecule has 0 bridgehead atoms. The molecule has 1 aromatic heterocycles. The molecule has 1 aliphatic rings. The van der Waals surface area contributed by atoms with Crippen LogP contribution in [-0.4, -0.2) is 67.9 Å². The summed E-state index contributed by atoms with van der Waals surface area (Å²) in [5.41, 5.74) is 0. The molecular formula is C13H22N4O2. The predicted molar refractivity (Wildman–Crippen MR) is 73.7 cm³/mol. The molecule has 0 radical (unpaired) electrons. The number of nitrogens with zero attached hydrogens (tertiary/aromatic N) is 4. The molecule has 2 rings (SSSR count). The molecule has 0 N–H and O–H groups in total. The number of anilines is 1. The van der Waals surface area contributed by atoms with E-state index in [2.05, 4.69) is 19.8 Å². The van der Waals surface area contributed by atoms with Crippen LogP contribution in [0.15, 0.2) is 12.3 Å². The Balaban J connectivity index is 1.88. The summed E-state index contributed by atoms with van der Waals surface area (Å²) in [5, 5.41) is 0. The van der Waals surface area contributed by atoms with Crippen LogP contribution in [0.3, 0.4) is 0 Å². The van der Waals surface area contributed by atoms with Crippen LogP contribution in [0.25, 0.3) is 0 Å². The topological polar surface area (TPSA) is 50.7 Å². The number of hydrogen-bond donors (Lipinski definition) is 0. The third-order valence-corrected chi connectivity index (χ3v) is 3.18. The van der Waals surface area contributed by atoms with Crippen molar-refractivity contribution >= 4 is 5.95 Å². The Morgan fingerprint density at radius 2 is 2.05 bits per heavy atom. The van der Waals surface area contributed by atoms with Gasteiger partial charge in [0.2, 0.25) is 11.8 Å². The zero-order valence-corrected chi connectivity index (χ0v) is 11.7. The molecule has 6 heteroatoms. The highest BCUT2D eigenvalue weighted by atomic mass is 16.5. The molecule has 0 aliphatic carbocycles. The predicted octanol–water partition coefficient (Wildman–Crippen LogP) is 0.644. The lowest BCUT2D eigenvalue weighted by molar-refractivity contribution is 0.143. The number of rotatable bonds is 6. The molecule has 1 aromatic rings. The molecule has 19 heavy (non-hydrogen) atoms. The van der Waals surface area contributed by atoms with Gasteiger partial charge in [-0.3, -0.25) is 4.90 Å². The Bertz CT molecular complexity index is 381. The Kier molecular flexibility index (Phi) is 5.35. The van der Waals surface area contributed by atoms with Crippen LogP contribution in [0.4, 0.5) is 5.95 Å². The maximum atomic E-state index is 5.41. The van der Waals surface area contributed by atoms with Gasteiger partial charge in [-0.2, -0.15) is 4.98 Å². The van der Waals surface area contributed by atoms with Gasteiger partial charge in [0.1, 0.15) is 0 Å². The molecule has 1 fully saturated rings. The second-order valence-electron chi connectivity index (χ2n) is 4.45. The fraction of sp³-hybridized carbons (Fsp3) is 0.692. The first-order valence-electron chi connectivity index (χ1n) is 6.75. The normalized spacial score (nSPS) is 16.6. The monoisotopic (exact) mass is 266 g/mol. The van der Waals surface area contributed by atoms with Gasteiger partial charge in [0.05, 0.1) is 13.2 Å². The van der Waals surface area contributed by atoms with Crippen molar-refractivity contribution in [3.63, 3.8) is 0 Å². The van der Waals surface area contributed by atoms with Gasteiger partial charge in [0.15, 0.2) is 0 Å². The van der Waals surface area contributed by atoms with E-state index >= 15 is 0 Å². The second kappa shape index (κ2) is 7.25. The second-order valence-corrected chi connectivity index (χ2v) is 4.45. The molecule has 106 valence electrons. The van der Waals surface area contributed by atoms with Crippen LogP contribution < -0.4 is 9.64 Å². The Labute approximate surface area is 114 Å². The standard InChI is InChI=1S/C13H22N4O2/c1-3-19-12-4-5-14-13(15-12)17-8-6-16(7-9-17)10-11-18-2/h4-5H,3,6-11H2,1-2H3. The molecule has 1 saturated heterocycles. The smallest absolute Gasteiger partial charge is 0.228 e. The molecular weight excluding hydrogens is 244 g/mol. The van der Waals surface area contributed by atoms with Gasteiger partial charge >= 0.3 is 0 Å². The fourth-order valence-electron chi connectivity index (χ4n) is 2.10. The van der Waals surface area contributed by atoms with Crippen molar-refractivity contribution < 1.29 is 9.47 Å². The van der Waals surface area contributed by atoms with E-state index < -0.39 is 0 Å². The van der Waals surface area contributed by atoms with Crippen molar-refractivity contribution in [1.29, 1.82) is 0 Å². The molecule has 0 aromatic carbocycles. The van der Waals surface area contributed by atoms with Crippen molar-refractivity contribution in [2.24, 2.45) is 0 Å². The van der Waals surface area contributed by atoms with E-state index in [9.17, 15) is 0 Å². The van der Waals surface area contributed by atoms with Crippen LogP contribution in [0.5, 0.6) is 5.88 Å². The van der Waals surface area contributed by atoms with Crippen molar-refractivity contribution in [3.05, 3.63) is 12.3 Å². The Hall–Kier alpha value is -1.40. The largest absolute Gasteiger partial charge is 0.478 e. The first-order chi connectivity index (χ1) is 9.33. The summed E-state index contributed by atoms with van der Waals surface area (Å²) in [6, 6.07) is 1.79. The van der Waals surface area contributed by atoms with Crippen LogP contribution in [-0.2, 0) is 4.74 Å². The maximum absolute atomic E-state index is 5.41. The molecule has 0 unspecified atom stereocenters. The molecule has 0 spiro atoms. The lowest BCUT2D eigenvalue weighted by Gasteiger charge is -2.34. The number of methoxy groups -OCH3 is 1. The highest BCUT2D eigenvalue weighted by molar-refractivity contribution is 5.32. The number of aromatic nitrogens is 2. The zero-order chi connectivity index (χ0) is 13.5. The van der Waals surface area contributed by atoms with E-state index in [4.69, 9.17) is 9.47 Å². The average Bonchev–Trinajstić information content (AvgIpc) is 2.46. The average molecular weight is 266 g/mol. The van der Waals surface area contributed by atoms with E-state index in [-0.39, 0.29) is 0 Å². The van der Waals surface area contributed by atoms with Gasteiger partial charge in [-0.15, -0.1) is 0 Å². The summed E-state index contributed by atoms with van der Waals surface area (Å²) in [7, 11) is 1.74. The van der Waals surface area contributed by atoms with Crippen LogP contribution in [0.1, 0.15) is 6.92 Å². The van der Waals surface area contributed by atoms with E-state index in [1.54, 1.807) is 19.4 Å². The first kappa shape index (κ1) is 14.0. The summed E-state index contributed by atoms with van der Waals surface area (Å²) in [4.78, 5) is 13.3. The van der Waals surface area contributed by atoms with Crippen molar-refractivity contribution in [2.45, 2.75) is 6.92 Å². The SMILES string of the molecule is CCOc1ccnc(N2CCN(CCOC)CC2)n1. The molecule has 0 atom stereocenters. The van der Waals surface area contributed by atoms with E-state index in [1.165, 1.54) is 0 Å². The Morgan fingerprint density at radius 3 is 2.74 bits per heavy atom. The van der Waals surface area contributed by atoms with Gasteiger partial charge in [0, 0.05) is 52.1 Å². The maximum Gasteiger partial charge on any atom is 0.228 e. The fourth-order valence-corrected chi connectivity index (χ4v) is 2.10. The first-order valence-corrected chi connectivity index (χ1v) is 6.75. The van der Waals surface area contributed by atoms with Gasteiger partial charge in [-0.1, -0.05) is 0 Å². The molecule has 0 amide bonds. The number of ether oxygens (including phenoxy) is 2. The summed E-state index contributed by atoms with van der Waals surface area (Å²) < 4.78 is 10.5. The summed E-state index contributed by atoms with van der Waals surface area (Å²) in [5.74, 6) is 1.41. The Morgan fingerprint density at radius 1 is 1.26 bits per heavy atom. The highest BCUT2D eigenvalue weighted by Crippen LogP contribution is 2.14. The van der Waals surface area contributed by atoms with Crippen molar-refractivity contribution in [3.8, 4) is 5.88 Å². The molecule has 1 aliphatic heterocycles. The summed E-state index contributed by atoms with van der Waals surface area (Å²) in [6.07, 6.45) is 1.75. The van der Waals surface area contributed by atoms with Gasteiger partial charge in [-0.05, 0) is 6.92 Å². The van der Waals surface area contributed by atoms with Gasteiger partial charge in [-0.25, -0.2) is 4.98 Å². The van der Waals surface area contributed by atoms with Crippen molar-refractivity contribution in [1.82, 2.24) is 14.9 Å².